The Bertz CT molecular complexity index is 426. The number of hydrogen-bond donors (Lipinski definition) is 0. The Hall–Kier alpha value is -1.34. The molecule has 0 spiro atoms. The van der Waals surface area contributed by atoms with Gasteiger partial charge < -0.3 is 0 Å². The summed E-state index contributed by atoms with van der Waals surface area (Å²) >= 11 is 5.88. The molecular formula is C13H13ClN+. The summed E-state index contributed by atoms with van der Waals surface area (Å²) in [5, 5.41) is 0. The third-order valence-corrected chi connectivity index (χ3v) is 2.64. The predicted molar refractivity (Wildman–Crippen MR) is 61.7 cm³/mol. The molecule has 2 aromatic rings. The molecule has 0 fully saturated rings. The standard InChI is InChI=1S/C13H13ClN/c14-10-13-8-4-5-9-15(13)11-12-6-2-1-3-7-12/h1-9H,10-11H2/q+1. The highest BCUT2D eigenvalue weighted by Gasteiger charge is 2.07. The highest BCUT2D eigenvalue weighted by molar-refractivity contribution is 6.16. The van der Waals surface area contributed by atoms with Crippen molar-refractivity contribution in [1.82, 2.24) is 0 Å². The quantitative estimate of drug-likeness (QED) is 0.551. The van der Waals surface area contributed by atoms with E-state index in [0.717, 1.165) is 12.2 Å². The van der Waals surface area contributed by atoms with Crippen LogP contribution in [-0.4, -0.2) is 0 Å². The van der Waals surface area contributed by atoms with Crippen LogP contribution in [0.3, 0.4) is 0 Å². The van der Waals surface area contributed by atoms with Crippen molar-refractivity contribution in [2.75, 3.05) is 0 Å². The van der Waals surface area contributed by atoms with E-state index in [4.69, 9.17) is 11.6 Å². The molecule has 2 heteroatoms. The lowest BCUT2D eigenvalue weighted by molar-refractivity contribution is -0.694. The fraction of sp³-hybridized carbons (Fsp3) is 0.154. The number of pyridine rings is 1. The van der Waals surface area contributed by atoms with Crippen LogP contribution in [0.25, 0.3) is 0 Å². The van der Waals surface area contributed by atoms with Gasteiger partial charge in [-0.2, -0.15) is 4.57 Å². The lowest BCUT2D eigenvalue weighted by Crippen LogP contribution is -2.37. The maximum atomic E-state index is 5.88. The molecule has 1 nitrogen and oxygen atoms in total. The van der Waals surface area contributed by atoms with Gasteiger partial charge >= 0.3 is 0 Å². The molecule has 76 valence electrons. The largest absolute Gasteiger partial charge is 0.197 e. The van der Waals surface area contributed by atoms with Crippen LogP contribution in [0.2, 0.25) is 0 Å². The zero-order chi connectivity index (χ0) is 10.5. The van der Waals surface area contributed by atoms with Crippen molar-refractivity contribution in [1.29, 1.82) is 0 Å². The van der Waals surface area contributed by atoms with Crippen LogP contribution in [0.4, 0.5) is 0 Å². The summed E-state index contributed by atoms with van der Waals surface area (Å²) in [4.78, 5) is 0. The SMILES string of the molecule is ClCc1cccc[n+]1Cc1ccccc1. The lowest BCUT2D eigenvalue weighted by Gasteiger charge is -2.01. The number of rotatable bonds is 3. The fourth-order valence-electron chi connectivity index (χ4n) is 1.57. The van der Waals surface area contributed by atoms with E-state index in [1.807, 2.05) is 18.2 Å². The van der Waals surface area contributed by atoms with Gasteiger partial charge in [0.1, 0.15) is 5.88 Å². The second-order valence-corrected chi connectivity index (χ2v) is 3.71. The summed E-state index contributed by atoms with van der Waals surface area (Å²) in [7, 11) is 0. The second kappa shape index (κ2) is 4.94. The molecule has 0 saturated carbocycles. The average Bonchev–Trinajstić information content (AvgIpc) is 2.31. The first-order chi connectivity index (χ1) is 7.40. The molecule has 0 N–H and O–H groups in total. The third-order valence-electron chi connectivity index (χ3n) is 2.37. The minimum Gasteiger partial charge on any atom is -0.197 e. The minimum absolute atomic E-state index is 0.549. The van der Waals surface area contributed by atoms with Crippen molar-refractivity contribution in [3.8, 4) is 0 Å². The Labute approximate surface area is 95.0 Å². The molecule has 2 rings (SSSR count). The van der Waals surface area contributed by atoms with Crippen molar-refractivity contribution in [3.63, 3.8) is 0 Å². The number of alkyl halides is 1. The second-order valence-electron chi connectivity index (χ2n) is 3.44. The van der Waals surface area contributed by atoms with Gasteiger partial charge in [-0.15, -0.1) is 11.6 Å². The van der Waals surface area contributed by atoms with Crippen LogP contribution < -0.4 is 4.57 Å². The predicted octanol–water partition coefficient (Wildman–Crippen LogP) is 2.76. The van der Waals surface area contributed by atoms with Crippen molar-refractivity contribution in [2.45, 2.75) is 12.4 Å². The van der Waals surface area contributed by atoms with E-state index >= 15 is 0 Å². The van der Waals surface area contributed by atoms with Crippen molar-refractivity contribution < 1.29 is 4.57 Å². The van der Waals surface area contributed by atoms with E-state index in [9.17, 15) is 0 Å². The van der Waals surface area contributed by atoms with Crippen LogP contribution in [0.5, 0.6) is 0 Å². The van der Waals surface area contributed by atoms with Crippen molar-refractivity contribution >= 4 is 11.6 Å². The number of aromatic nitrogens is 1. The summed E-state index contributed by atoms with van der Waals surface area (Å²) in [5.41, 5.74) is 2.43. The Morgan fingerprint density at radius 2 is 1.67 bits per heavy atom. The molecule has 0 saturated heterocycles. The zero-order valence-electron chi connectivity index (χ0n) is 8.44. The highest BCUT2D eigenvalue weighted by atomic mass is 35.5. The van der Waals surface area contributed by atoms with Gasteiger partial charge in [0.2, 0.25) is 0 Å². The van der Waals surface area contributed by atoms with Crippen LogP contribution in [0.15, 0.2) is 54.7 Å². The Morgan fingerprint density at radius 1 is 0.933 bits per heavy atom. The molecule has 0 amide bonds. The summed E-state index contributed by atoms with van der Waals surface area (Å²) < 4.78 is 2.17. The zero-order valence-corrected chi connectivity index (χ0v) is 9.19. The monoisotopic (exact) mass is 218 g/mol. The number of nitrogens with zero attached hydrogens (tertiary/aromatic N) is 1. The minimum atomic E-state index is 0.549. The Kier molecular flexibility index (Phi) is 3.36. The Balaban J connectivity index is 2.24. The van der Waals surface area contributed by atoms with Gasteiger partial charge in [-0.1, -0.05) is 36.4 Å². The molecule has 0 aliphatic rings. The normalized spacial score (nSPS) is 10.2. The van der Waals surface area contributed by atoms with Gasteiger partial charge in [0, 0.05) is 17.7 Å². The summed E-state index contributed by atoms with van der Waals surface area (Å²) in [6.07, 6.45) is 2.06. The molecule has 1 heterocycles. The van der Waals surface area contributed by atoms with Crippen LogP contribution in [0, 0.1) is 0 Å². The van der Waals surface area contributed by atoms with E-state index in [1.165, 1.54) is 5.56 Å². The molecule has 0 aliphatic carbocycles. The summed E-state index contributed by atoms with van der Waals surface area (Å²) in [6.45, 7) is 0.879. The maximum Gasteiger partial charge on any atom is 0.196 e. The van der Waals surface area contributed by atoms with Crippen LogP contribution >= 0.6 is 11.6 Å². The van der Waals surface area contributed by atoms with Gasteiger partial charge in [0.25, 0.3) is 0 Å². The van der Waals surface area contributed by atoms with Gasteiger partial charge in [0.15, 0.2) is 18.4 Å². The first-order valence-corrected chi connectivity index (χ1v) is 5.51. The van der Waals surface area contributed by atoms with Gasteiger partial charge in [-0.25, -0.2) is 0 Å². The van der Waals surface area contributed by atoms with Crippen LogP contribution in [0.1, 0.15) is 11.3 Å². The molecule has 15 heavy (non-hydrogen) atoms. The molecule has 0 unspecified atom stereocenters. The van der Waals surface area contributed by atoms with E-state index in [0.29, 0.717) is 5.88 Å². The van der Waals surface area contributed by atoms with Crippen molar-refractivity contribution in [3.05, 3.63) is 66.0 Å². The Morgan fingerprint density at radius 3 is 2.40 bits per heavy atom. The molecular weight excluding hydrogens is 206 g/mol. The topological polar surface area (TPSA) is 3.88 Å². The van der Waals surface area contributed by atoms with E-state index in [2.05, 4.69) is 41.1 Å². The molecule has 0 radical (unpaired) electrons. The molecule has 0 atom stereocenters. The van der Waals surface area contributed by atoms with E-state index < -0.39 is 0 Å². The number of benzene rings is 1. The van der Waals surface area contributed by atoms with Gasteiger partial charge in [-0.05, 0) is 0 Å². The van der Waals surface area contributed by atoms with Gasteiger partial charge in [-0.3, -0.25) is 0 Å². The highest BCUT2D eigenvalue weighted by Crippen LogP contribution is 2.01. The maximum absolute atomic E-state index is 5.88. The summed E-state index contributed by atoms with van der Waals surface area (Å²) in [6, 6.07) is 16.5. The van der Waals surface area contributed by atoms with Crippen molar-refractivity contribution in [2.24, 2.45) is 0 Å². The molecule has 1 aromatic heterocycles. The molecule has 0 aliphatic heterocycles. The van der Waals surface area contributed by atoms with Crippen LogP contribution in [-0.2, 0) is 12.4 Å². The fourth-order valence-corrected chi connectivity index (χ4v) is 1.81. The third kappa shape index (κ3) is 2.57. The molecule has 1 aromatic carbocycles. The van der Waals surface area contributed by atoms with E-state index in [-0.39, 0.29) is 0 Å². The lowest BCUT2D eigenvalue weighted by atomic mass is 10.2. The summed E-state index contributed by atoms with van der Waals surface area (Å²) in [5.74, 6) is 0.549. The smallest absolute Gasteiger partial charge is 0.196 e. The van der Waals surface area contributed by atoms with E-state index in [1.54, 1.807) is 0 Å². The first kappa shape index (κ1) is 10.2. The molecule has 0 bridgehead atoms. The number of halogens is 1. The van der Waals surface area contributed by atoms with Gasteiger partial charge in [0.05, 0.1) is 0 Å². The first-order valence-electron chi connectivity index (χ1n) is 4.97. The average molecular weight is 219 g/mol. The number of hydrogen-bond acceptors (Lipinski definition) is 0.